The molecule has 5 rings (SSSR count). The van der Waals surface area contributed by atoms with Gasteiger partial charge in [-0.25, -0.2) is 4.79 Å². The number of nitrogens with two attached hydrogens (primary N) is 1. The lowest BCUT2D eigenvalue weighted by Crippen LogP contribution is -2.49. The summed E-state index contributed by atoms with van der Waals surface area (Å²) in [7, 11) is 1.60. The molecule has 170 valence electrons. The van der Waals surface area contributed by atoms with E-state index < -0.39 is 11.2 Å². The molecule has 2 aromatic heterocycles. The summed E-state index contributed by atoms with van der Waals surface area (Å²) < 4.78 is 3.25. The molecule has 0 bridgehead atoms. The monoisotopic (exact) mass is 447 g/mol. The zero-order valence-electron chi connectivity index (χ0n) is 18.3. The van der Waals surface area contributed by atoms with Crippen LogP contribution in [0.4, 0.5) is 5.95 Å². The molecule has 0 atom stereocenters. The Labute approximate surface area is 188 Å². The molecule has 10 heteroatoms. The highest BCUT2D eigenvalue weighted by molar-refractivity contribution is 5.86. The molecular formula is C23H25N7O3. The summed E-state index contributed by atoms with van der Waals surface area (Å²) in [6.45, 7) is 3.19. The molecule has 33 heavy (non-hydrogen) atoms. The van der Waals surface area contributed by atoms with E-state index in [1.54, 1.807) is 7.05 Å². The number of aromatic nitrogens is 4. The molecule has 0 aliphatic carbocycles. The third kappa shape index (κ3) is 3.78. The minimum absolute atomic E-state index is 0.217. The lowest BCUT2D eigenvalue weighted by Gasteiger charge is -2.34. The van der Waals surface area contributed by atoms with Crippen LogP contribution in [0.2, 0.25) is 0 Å². The maximum atomic E-state index is 12.9. The molecule has 0 spiro atoms. The van der Waals surface area contributed by atoms with E-state index in [0.717, 1.165) is 16.3 Å². The SMILES string of the molecule is Cn1c(=O)[nH]c(=O)c2c1nc(N1CCN(CC(N)=O)CC1)n2Cc1cccc2ccccc12. The van der Waals surface area contributed by atoms with Gasteiger partial charge in [0.05, 0.1) is 13.1 Å². The number of amides is 1. The van der Waals surface area contributed by atoms with E-state index >= 15 is 0 Å². The Balaban J connectivity index is 1.62. The zero-order valence-corrected chi connectivity index (χ0v) is 18.3. The fraction of sp³-hybridized carbons (Fsp3) is 0.304. The second-order valence-corrected chi connectivity index (χ2v) is 8.36. The normalized spacial score (nSPS) is 14.9. The van der Waals surface area contributed by atoms with Crippen LogP contribution in [0.1, 0.15) is 5.56 Å². The van der Waals surface area contributed by atoms with Crippen molar-refractivity contribution in [2.24, 2.45) is 12.8 Å². The highest BCUT2D eigenvalue weighted by atomic mass is 16.2. The van der Waals surface area contributed by atoms with Crippen LogP contribution in [0, 0.1) is 0 Å². The number of hydrogen-bond acceptors (Lipinski definition) is 6. The van der Waals surface area contributed by atoms with Gasteiger partial charge in [-0.3, -0.25) is 28.6 Å². The Morgan fingerprint density at radius 3 is 2.55 bits per heavy atom. The van der Waals surface area contributed by atoms with E-state index in [1.807, 2.05) is 33.7 Å². The lowest BCUT2D eigenvalue weighted by molar-refractivity contribution is -0.119. The van der Waals surface area contributed by atoms with Crippen LogP contribution in [0.25, 0.3) is 21.9 Å². The lowest BCUT2D eigenvalue weighted by atomic mass is 10.0. The zero-order chi connectivity index (χ0) is 23.1. The van der Waals surface area contributed by atoms with Gasteiger partial charge < -0.3 is 10.6 Å². The van der Waals surface area contributed by atoms with Crippen LogP contribution in [0.3, 0.4) is 0 Å². The van der Waals surface area contributed by atoms with Gasteiger partial charge in [0, 0.05) is 33.2 Å². The van der Waals surface area contributed by atoms with Gasteiger partial charge in [-0.05, 0) is 16.3 Å². The number of nitrogens with one attached hydrogen (secondary N) is 1. The van der Waals surface area contributed by atoms with E-state index in [1.165, 1.54) is 4.57 Å². The largest absolute Gasteiger partial charge is 0.369 e. The summed E-state index contributed by atoms with van der Waals surface area (Å²) in [6, 6.07) is 14.2. The van der Waals surface area contributed by atoms with E-state index in [2.05, 4.69) is 28.1 Å². The molecule has 3 N–H and O–H groups in total. The fourth-order valence-corrected chi connectivity index (χ4v) is 4.54. The number of carbonyl (C=O) groups is 1. The summed E-state index contributed by atoms with van der Waals surface area (Å²) in [5.74, 6) is 0.275. The predicted molar refractivity (Wildman–Crippen MR) is 126 cm³/mol. The molecule has 3 heterocycles. The smallest absolute Gasteiger partial charge is 0.329 e. The Hall–Kier alpha value is -3.92. The topological polar surface area (TPSA) is 122 Å². The second kappa shape index (κ2) is 8.21. The summed E-state index contributed by atoms with van der Waals surface area (Å²) in [6.07, 6.45) is 0. The molecule has 0 saturated carbocycles. The van der Waals surface area contributed by atoms with Gasteiger partial charge in [0.25, 0.3) is 5.56 Å². The first-order valence-corrected chi connectivity index (χ1v) is 10.8. The minimum atomic E-state index is -0.500. The number of imidazole rings is 1. The average Bonchev–Trinajstić information content (AvgIpc) is 3.18. The third-order valence-electron chi connectivity index (χ3n) is 6.23. The number of fused-ring (bicyclic) bond motifs is 2. The van der Waals surface area contributed by atoms with Crippen LogP contribution < -0.4 is 21.9 Å². The first-order valence-electron chi connectivity index (χ1n) is 10.8. The van der Waals surface area contributed by atoms with Gasteiger partial charge in [0.1, 0.15) is 0 Å². The van der Waals surface area contributed by atoms with Gasteiger partial charge >= 0.3 is 5.69 Å². The van der Waals surface area contributed by atoms with Gasteiger partial charge in [-0.2, -0.15) is 4.98 Å². The summed E-state index contributed by atoms with van der Waals surface area (Å²) >= 11 is 0. The number of piperazine rings is 1. The molecule has 1 saturated heterocycles. The molecule has 0 unspecified atom stereocenters. The highest BCUT2D eigenvalue weighted by Gasteiger charge is 2.25. The van der Waals surface area contributed by atoms with Gasteiger partial charge in [-0.15, -0.1) is 0 Å². The van der Waals surface area contributed by atoms with Gasteiger partial charge in [-0.1, -0.05) is 42.5 Å². The van der Waals surface area contributed by atoms with Crippen molar-refractivity contribution >= 4 is 33.8 Å². The van der Waals surface area contributed by atoms with Crippen molar-refractivity contribution < 1.29 is 4.79 Å². The summed E-state index contributed by atoms with van der Waals surface area (Å²) in [5.41, 5.74) is 6.14. The first kappa shape index (κ1) is 21.0. The first-order chi connectivity index (χ1) is 15.9. The summed E-state index contributed by atoms with van der Waals surface area (Å²) in [5, 5.41) is 2.21. The number of hydrogen-bond donors (Lipinski definition) is 2. The number of H-pyrrole nitrogens is 1. The van der Waals surface area contributed by atoms with Crippen molar-refractivity contribution in [3.63, 3.8) is 0 Å². The number of aromatic amines is 1. The highest BCUT2D eigenvalue weighted by Crippen LogP contribution is 2.25. The average molecular weight is 447 g/mol. The van der Waals surface area contributed by atoms with Crippen molar-refractivity contribution in [2.45, 2.75) is 6.54 Å². The second-order valence-electron chi connectivity index (χ2n) is 8.36. The van der Waals surface area contributed by atoms with Crippen molar-refractivity contribution in [1.29, 1.82) is 0 Å². The Bertz CT molecular complexity index is 1470. The number of primary amides is 1. The molecular weight excluding hydrogens is 422 g/mol. The van der Waals surface area contributed by atoms with Crippen LogP contribution in [-0.2, 0) is 18.4 Å². The van der Waals surface area contributed by atoms with Crippen LogP contribution in [0.5, 0.6) is 0 Å². The number of aryl methyl sites for hydroxylation is 1. The van der Waals surface area contributed by atoms with Crippen molar-refractivity contribution in [3.05, 3.63) is 68.9 Å². The predicted octanol–water partition coefficient (Wildman–Crippen LogP) is 0.232. The molecule has 1 amide bonds. The number of anilines is 1. The standard InChI is InChI=1S/C23H25N7O3/c1-27-20-19(21(32)26-23(27)33)30(13-16-7-4-6-15-5-2-3-8-17(15)16)22(25-20)29-11-9-28(10-12-29)14-18(24)31/h2-8H,9-14H2,1H3,(H2,24,31)(H,26,32,33). The minimum Gasteiger partial charge on any atom is -0.369 e. The fourth-order valence-electron chi connectivity index (χ4n) is 4.54. The van der Waals surface area contributed by atoms with E-state index in [9.17, 15) is 14.4 Å². The molecule has 0 radical (unpaired) electrons. The number of benzene rings is 2. The number of nitrogens with zero attached hydrogens (tertiary/aromatic N) is 5. The van der Waals surface area contributed by atoms with Crippen molar-refractivity contribution in [1.82, 2.24) is 24.0 Å². The Morgan fingerprint density at radius 2 is 1.79 bits per heavy atom. The van der Waals surface area contributed by atoms with Crippen LogP contribution >= 0.6 is 0 Å². The molecule has 4 aromatic rings. The van der Waals surface area contributed by atoms with E-state index in [-0.39, 0.29) is 12.5 Å². The van der Waals surface area contributed by atoms with Crippen LogP contribution in [-0.4, -0.2) is 62.6 Å². The number of carbonyl (C=O) groups excluding carboxylic acids is 1. The molecule has 1 fully saturated rings. The van der Waals surface area contributed by atoms with Crippen molar-refractivity contribution in [3.8, 4) is 0 Å². The maximum Gasteiger partial charge on any atom is 0.329 e. The molecule has 2 aromatic carbocycles. The Kier molecular flexibility index (Phi) is 5.21. The van der Waals surface area contributed by atoms with E-state index in [4.69, 9.17) is 10.7 Å². The molecule has 1 aliphatic heterocycles. The van der Waals surface area contributed by atoms with Gasteiger partial charge in [0.2, 0.25) is 11.9 Å². The Morgan fingerprint density at radius 1 is 1.06 bits per heavy atom. The van der Waals surface area contributed by atoms with Gasteiger partial charge in [0.15, 0.2) is 11.2 Å². The number of rotatable bonds is 5. The molecule has 1 aliphatic rings. The summed E-state index contributed by atoms with van der Waals surface area (Å²) in [4.78, 5) is 47.6. The quantitative estimate of drug-likeness (QED) is 0.452. The van der Waals surface area contributed by atoms with Crippen LogP contribution in [0.15, 0.2) is 52.1 Å². The molecule has 10 nitrogen and oxygen atoms in total. The van der Waals surface area contributed by atoms with E-state index in [0.29, 0.717) is 49.8 Å². The van der Waals surface area contributed by atoms with Crippen molar-refractivity contribution in [2.75, 3.05) is 37.6 Å². The maximum absolute atomic E-state index is 12.9. The third-order valence-corrected chi connectivity index (χ3v) is 6.23.